The molecule has 0 saturated carbocycles. The fourth-order valence-electron chi connectivity index (χ4n) is 1.70. The molecule has 0 spiro atoms. The van der Waals surface area contributed by atoms with Crippen molar-refractivity contribution < 1.29 is 17.9 Å². The third-order valence-electron chi connectivity index (χ3n) is 2.75. The maximum absolute atomic E-state index is 12.8. The van der Waals surface area contributed by atoms with Crippen LogP contribution in [0.1, 0.15) is 5.56 Å². The Bertz CT molecular complexity index is 649. The zero-order valence-electron chi connectivity index (χ0n) is 11.1. The summed E-state index contributed by atoms with van der Waals surface area (Å²) in [6.45, 7) is 0. The van der Waals surface area contributed by atoms with Gasteiger partial charge in [0.05, 0.1) is 12.8 Å². The van der Waals surface area contributed by atoms with Gasteiger partial charge in [-0.25, -0.2) is 4.98 Å². The van der Waals surface area contributed by atoms with E-state index in [-0.39, 0.29) is 5.95 Å². The molecular formula is C13H11BrF3N3O. The van der Waals surface area contributed by atoms with Gasteiger partial charge < -0.3 is 9.64 Å². The van der Waals surface area contributed by atoms with Crippen LogP contribution in [0, 0.1) is 0 Å². The molecule has 1 heterocycles. The van der Waals surface area contributed by atoms with Crippen molar-refractivity contribution in [3.63, 3.8) is 0 Å². The van der Waals surface area contributed by atoms with Gasteiger partial charge in [0.2, 0.25) is 11.8 Å². The molecule has 1 aromatic heterocycles. The lowest BCUT2D eigenvalue weighted by Gasteiger charge is -2.20. The normalized spacial score (nSPS) is 11.3. The van der Waals surface area contributed by atoms with Crippen LogP contribution in [-0.4, -0.2) is 24.1 Å². The van der Waals surface area contributed by atoms with Gasteiger partial charge in [-0.15, -0.1) is 0 Å². The number of aromatic nitrogens is 2. The van der Waals surface area contributed by atoms with Crippen molar-refractivity contribution in [2.24, 2.45) is 0 Å². The zero-order valence-corrected chi connectivity index (χ0v) is 12.7. The predicted molar refractivity (Wildman–Crippen MR) is 75.8 cm³/mol. The van der Waals surface area contributed by atoms with Gasteiger partial charge in [-0.05, 0) is 28.1 Å². The SMILES string of the molecule is COc1nc(N(C)c2ccccc2Br)ncc1C(F)(F)F. The third-order valence-corrected chi connectivity index (χ3v) is 3.42. The van der Waals surface area contributed by atoms with Crippen LogP contribution in [0.5, 0.6) is 5.88 Å². The number of hydrogen-bond acceptors (Lipinski definition) is 4. The summed E-state index contributed by atoms with van der Waals surface area (Å²) in [5.41, 5.74) is -0.284. The Kier molecular flexibility index (Phi) is 4.36. The molecule has 0 aliphatic heterocycles. The molecule has 4 nitrogen and oxygen atoms in total. The molecule has 0 unspecified atom stereocenters. The molecule has 2 aromatic rings. The van der Waals surface area contributed by atoms with Gasteiger partial charge in [0, 0.05) is 17.7 Å². The van der Waals surface area contributed by atoms with Gasteiger partial charge >= 0.3 is 6.18 Å². The van der Waals surface area contributed by atoms with Gasteiger partial charge in [0.25, 0.3) is 0 Å². The van der Waals surface area contributed by atoms with Crippen molar-refractivity contribution in [3.05, 3.63) is 40.5 Å². The summed E-state index contributed by atoms with van der Waals surface area (Å²) < 4.78 is 43.8. The number of methoxy groups -OCH3 is 1. The highest BCUT2D eigenvalue weighted by atomic mass is 79.9. The van der Waals surface area contributed by atoms with Crippen molar-refractivity contribution in [3.8, 4) is 5.88 Å². The van der Waals surface area contributed by atoms with Crippen molar-refractivity contribution in [1.29, 1.82) is 0 Å². The average Bonchev–Trinajstić information content (AvgIpc) is 2.45. The van der Waals surface area contributed by atoms with E-state index >= 15 is 0 Å². The molecule has 0 bridgehead atoms. The van der Waals surface area contributed by atoms with E-state index in [0.29, 0.717) is 6.20 Å². The Balaban J connectivity index is 2.44. The van der Waals surface area contributed by atoms with Crippen LogP contribution >= 0.6 is 15.9 Å². The number of anilines is 2. The van der Waals surface area contributed by atoms with Crippen molar-refractivity contribution in [2.45, 2.75) is 6.18 Å². The molecule has 0 aliphatic carbocycles. The Labute approximate surface area is 127 Å². The minimum absolute atomic E-state index is 0.103. The van der Waals surface area contributed by atoms with Crippen LogP contribution in [-0.2, 0) is 6.18 Å². The summed E-state index contributed by atoms with van der Waals surface area (Å²) in [6, 6.07) is 7.23. The molecule has 0 atom stereocenters. The lowest BCUT2D eigenvalue weighted by Crippen LogP contribution is -2.16. The monoisotopic (exact) mass is 361 g/mol. The van der Waals surface area contributed by atoms with Crippen molar-refractivity contribution in [2.75, 3.05) is 19.1 Å². The molecule has 8 heteroatoms. The average molecular weight is 362 g/mol. The van der Waals surface area contributed by atoms with Gasteiger partial charge in [-0.1, -0.05) is 12.1 Å². The molecule has 0 fully saturated rings. The molecule has 0 saturated heterocycles. The van der Waals surface area contributed by atoms with Gasteiger partial charge in [-0.3, -0.25) is 0 Å². The number of hydrogen-bond donors (Lipinski definition) is 0. The minimum Gasteiger partial charge on any atom is -0.480 e. The lowest BCUT2D eigenvalue weighted by molar-refractivity contribution is -0.139. The highest BCUT2D eigenvalue weighted by Gasteiger charge is 2.36. The zero-order chi connectivity index (χ0) is 15.6. The molecule has 0 amide bonds. The largest absolute Gasteiger partial charge is 0.480 e. The highest BCUT2D eigenvalue weighted by molar-refractivity contribution is 9.10. The molecule has 21 heavy (non-hydrogen) atoms. The predicted octanol–water partition coefficient (Wildman–Crippen LogP) is 4.03. The second-order valence-corrected chi connectivity index (χ2v) is 4.96. The number of alkyl halides is 3. The molecule has 0 radical (unpaired) electrons. The van der Waals surface area contributed by atoms with Gasteiger partial charge in [-0.2, -0.15) is 18.2 Å². The summed E-state index contributed by atoms with van der Waals surface area (Å²) in [4.78, 5) is 9.15. The van der Waals surface area contributed by atoms with Crippen LogP contribution in [0.25, 0.3) is 0 Å². The van der Waals surface area contributed by atoms with E-state index < -0.39 is 17.6 Å². The van der Waals surface area contributed by atoms with E-state index in [1.165, 1.54) is 0 Å². The number of para-hydroxylation sites is 1. The van der Waals surface area contributed by atoms with Crippen molar-refractivity contribution in [1.82, 2.24) is 9.97 Å². The third kappa shape index (κ3) is 3.26. The Morgan fingerprint density at radius 2 is 1.90 bits per heavy atom. The summed E-state index contributed by atoms with van der Waals surface area (Å²) >= 11 is 3.37. The van der Waals surface area contributed by atoms with Crippen LogP contribution in [0.2, 0.25) is 0 Å². The van der Waals surface area contributed by atoms with Gasteiger partial charge in [0.15, 0.2) is 0 Å². The number of halogens is 4. The molecule has 2 rings (SSSR count). The summed E-state index contributed by atoms with van der Waals surface area (Å²) in [5, 5.41) is 0. The number of rotatable bonds is 3. The topological polar surface area (TPSA) is 38.2 Å². The van der Waals surface area contributed by atoms with E-state index in [2.05, 4.69) is 25.9 Å². The Morgan fingerprint density at radius 3 is 2.48 bits per heavy atom. The van der Waals surface area contributed by atoms with E-state index in [1.807, 2.05) is 12.1 Å². The number of nitrogens with zero attached hydrogens (tertiary/aromatic N) is 3. The molecule has 0 aliphatic rings. The maximum Gasteiger partial charge on any atom is 0.423 e. The first kappa shape index (κ1) is 15.6. The lowest BCUT2D eigenvalue weighted by atomic mass is 10.3. The van der Waals surface area contributed by atoms with Crippen LogP contribution in [0.4, 0.5) is 24.8 Å². The first-order valence-corrected chi connectivity index (χ1v) is 6.60. The first-order chi connectivity index (χ1) is 9.84. The molecule has 112 valence electrons. The van der Waals surface area contributed by atoms with E-state index in [9.17, 15) is 13.2 Å². The summed E-state index contributed by atoms with van der Waals surface area (Å²) in [6.07, 6.45) is -3.84. The quantitative estimate of drug-likeness (QED) is 0.826. The fourth-order valence-corrected chi connectivity index (χ4v) is 2.25. The number of benzene rings is 1. The Hall–Kier alpha value is -1.83. The van der Waals surface area contributed by atoms with Crippen molar-refractivity contribution >= 4 is 27.6 Å². The van der Waals surface area contributed by atoms with Crippen LogP contribution < -0.4 is 9.64 Å². The molecular weight excluding hydrogens is 351 g/mol. The standard InChI is InChI=1S/C13H11BrF3N3O/c1-20(10-6-4-3-5-9(10)14)12-18-7-8(13(15,16)17)11(19-12)21-2/h3-7H,1-2H3. The Morgan fingerprint density at radius 1 is 1.24 bits per heavy atom. The molecule has 0 N–H and O–H groups in total. The summed E-state index contributed by atoms with van der Waals surface area (Å²) in [7, 11) is 2.79. The van der Waals surface area contributed by atoms with E-state index in [0.717, 1.165) is 17.3 Å². The van der Waals surface area contributed by atoms with Gasteiger partial charge in [0.1, 0.15) is 5.56 Å². The van der Waals surface area contributed by atoms with Crippen LogP contribution in [0.15, 0.2) is 34.9 Å². The van der Waals surface area contributed by atoms with E-state index in [1.54, 1.807) is 24.1 Å². The number of ether oxygens (including phenoxy) is 1. The summed E-state index contributed by atoms with van der Waals surface area (Å²) in [5.74, 6) is -0.404. The minimum atomic E-state index is -4.56. The van der Waals surface area contributed by atoms with Crippen LogP contribution in [0.3, 0.4) is 0 Å². The highest BCUT2D eigenvalue weighted by Crippen LogP contribution is 2.36. The fraction of sp³-hybridized carbons (Fsp3) is 0.231. The maximum atomic E-state index is 12.8. The van der Waals surface area contributed by atoms with E-state index in [4.69, 9.17) is 4.74 Å². The second-order valence-electron chi connectivity index (χ2n) is 4.10. The first-order valence-electron chi connectivity index (χ1n) is 5.81. The molecule has 1 aromatic carbocycles. The smallest absolute Gasteiger partial charge is 0.423 e. The second kappa shape index (κ2) is 5.88.